The number of primary amides is 1. The number of halogens is 3. The van der Waals surface area contributed by atoms with Crippen molar-refractivity contribution in [2.24, 2.45) is 11.1 Å². The van der Waals surface area contributed by atoms with Crippen LogP contribution in [0.4, 0.5) is 13.2 Å². The molecule has 0 saturated carbocycles. The Bertz CT molecular complexity index is 346. The van der Waals surface area contributed by atoms with Crippen molar-refractivity contribution in [1.82, 2.24) is 10.2 Å². The van der Waals surface area contributed by atoms with Gasteiger partial charge in [-0.05, 0) is 13.3 Å². The first-order chi connectivity index (χ1) is 8.14. The Morgan fingerprint density at radius 1 is 1.44 bits per heavy atom. The van der Waals surface area contributed by atoms with Gasteiger partial charge < -0.3 is 16.0 Å². The van der Waals surface area contributed by atoms with Crippen LogP contribution in [0.2, 0.25) is 0 Å². The first kappa shape index (κ1) is 14.7. The SMILES string of the molecule is CC1(C(N)=O)CCN(C(=O)CNCC(F)(F)F)C1. The minimum Gasteiger partial charge on any atom is -0.369 e. The van der Waals surface area contributed by atoms with E-state index >= 15 is 0 Å². The van der Waals surface area contributed by atoms with Gasteiger partial charge in [0.1, 0.15) is 0 Å². The summed E-state index contributed by atoms with van der Waals surface area (Å²) in [5, 5.41) is 2.03. The van der Waals surface area contributed by atoms with E-state index in [4.69, 9.17) is 5.73 Å². The maximum absolute atomic E-state index is 11.9. The van der Waals surface area contributed by atoms with E-state index in [1.54, 1.807) is 6.92 Å². The number of nitrogens with zero attached hydrogens (tertiary/aromatic N) is 1. The zero-order valence-electron chi connectivity index (χ0n) is 10.0. The molecule has 0 aromatic heterocycles. The molecule has 8 heteroatoms. The average Bonchev–Trinajstić information content (AvgIpc) is 2.60. The molecule has 0 aliphatic carbocycles. The molecule has 5 nitrogen and oxygen atoms in total. The Balaban J connectivity index is 2.39. The van der Waals surface area contributed by atoms with Crippen LogP contribution in [0.25, 0.3) is 0 Å². The van der Waals surface area contributed by atoms with Gasteiger partial charge in [0.2, 0.25) is 11.8 Å². The number of carbonyl (C=O) groups excluding carboxylic acids is 2. The minimum atomic E-state index is -4.34. The number of rotatable bonds is 4. The topological polar surface area (TPSA) is 75.4 Å². The first-order valence-corrected chi connectivity index (χ1v) is 5.49. The van der Waals surface area contributed by atoms with Crippen molar-refractivity contribution in [2.75, 3.05) is 26.2 Å². The lowest BCUT2D eigenvalue weighted by atomic mass is 9.89. The molecule has 1 saturated heterocycles. The molecule has 18 heavy (non-hydrogen) atoms. The Kier molecular flexibility index (Phi) is 4.20. The molecular weight excluding hydrogens is 251 g/mol. The van der Waals surface area contributed by atoms with E-state index in [9.17, 15) is 22.8 Å². The summed E-state index contributed by atoms with van der Waals surface area (Å²) in [6.45, 7) is 0.542. The van der Waals surface area contributed by atoms with Crippen LogP contribution in [0, 0.1) is 5.41 Å². The monoisotopic (exact) mass is 267 g/mol. The number of nitrogens with one attached hydrogen (secondary N) is 1. The van der Waals surface area contributed by atoms with Crippen molar-refractivity contribution >= 4 is 11.8 Å². The van der Waals surface area contributed by atoms with E-state index in [0.717, 1.165) is 0 Å². The summed E-state index contributed by atoms with van der Waals surface area (Å²) < 4.78 is 35.6. The molecule has 1 aliphatic rings. The van der Waals surface area contributed by atoms with E-state index in [1.807, 2.05) is 5.32 Å². The van der Waals surface area contributed by atoms with Crippen LogP contribution in [-0.2, 0) is 9.59 Å². The minimum absolute atomic E-state index is 0.162. The van der Waals surface area contributed by atoms with Gasteiger partial charge in [0.25, 0.3) is 0 Å². The summed E-state index contributed by atoms with van der Waals surface area (Å²) in [4.78, 5) is 24.1. The molecule has 0 aromatic rings. The molecule has 1 atom stereocenters. The van der Waals surface area contributed by atoms with E-state index in [0.29, 0.717) is 13.0 Å². The molecule has 0 bridgehead atoms. The number of nitrogens with two attached hydrogens (primary N) is 1. The van der Waals surface area contributed by atoms with Crippen LogP contribution in [-0.4, -0.2) is 49.1 Å². The van der Waals surface area contributed by atoms with Gasteiger partial charge in [0.05, 0.1) is 18.5 Å². The fraction of sp³-hybridized carbons (Fsp3) is 0.800. The molecular formula is C10H16F3N3O2. The number of hydrogen-bond acceptors (Lipinski definition) is 3. The van der Waals surface area contributed by atoms with Gasteiger partial charge in [0, 0.05) is 13.1 Å². The van der Waals surface area contributed by atoms with Gasteiger partial charge >= 0.3 is 6.18 Å². The largest absolute Gasteiger partial charge is 0.401 e. The lowest BCUT2D eigenvalue weighted by molar-refractivity contribution is -0.134. The highest BCUT2D eigenvalue weighted by atomic mass is 19.4. The van der Waals surface area contributed by atoms with Crippen LogP contribution in [0.3, 0.4) is 0 Å². The second-order valence-electron chi connectivity index (χ2n) is 4.71. The van der Waals surface area contributed by atoms with Crippen molar-refractivity contribution < 1.29 is 22.8 Å². The molecule has 0 radical (unpaired) electrons. The second kappa shape index (κ2) is 5.13. The molecule has 1 aliphatic heterocycles. The maximum atomic E-state index is 11.9. The van der Waals surface area contributed by atoms with Crippen molar-refractivity contribution in [3.05, 3.63) is 0 Å². The quantitative estimate of drug-likeness (QED) is 0.744. The number of likely N-dealkylation sites (tertiary alicyclic amines) is 1. The molecule has 1 unspecified atom stereocenters. The smallest absolute Gasteiger partial charge is 0.369 e. The summed E-state index contributed by atoms with van der Waals surface area (Å²) in [5.41, 5.74) is 4.43. The highest BCUT2D eigenvalue weighted by molar-refractivity contribution is 5.84. The van der Waals surface area contributed by atoms with Gasteiger partial charge in [-0.25, -0.2) is 0 Å². The number of carbonyl (C=O) groups is 2. The normalized spacial score (nSPS) is 24.3. The lowest BCUT2D eigenvalue weighted by Crippen LogP contribution is -2.42. The first-order valence-electron chi connectivity index (χ1n) is 5.49. The third kappa shape index (κ3) is 3.86. The number of amides is 2. The lowest BCUT2D eigenvalue weighted by Gasteiger charge is -2.21. The third-order valence-electron chi connectivity index (χ3n) is 3.02. The molecule has 1 heterocycles. The van der Waals surface area contributed by atoms with Crippen molar-refractivity contribution in [2.45, 2.75) is 19.5 Å². The van der Waals surface area contributed by atoms with Crippen LogP contribution in [0.15, 0.2) is 0 Å². The molecule has 2 amide bonds. The van der Waals surface area contributed by atoms with Crippen LogP contribution >= 0.6 is 0 Å². The Morgan fingerprint density at radius 3 is 2.50 bits per heavy atom. The van der Waals surface area contributed by atoms with E-state index in [2.05, 4.69) is 0 Å². The predicted molar refractivity (Wildman–Crippen MR) is 57.4 cm³/mol. The predicted octanol–water partition coefficient (Wildman–Crippen LogP) is -0.138. The van der Waals surface area contributed by atoms with Gasteiger partial charge in [-0.3, -0.25) is 9.59 Å². The molecule has 1 fully saturated rings. The van der Waals surface area contributed by atoms with Crippen LogP contribution < -0.4 is 11.1 Å². The average molecular weight is 267 g/mol. The van der Waals surface area contributed by atoms with Gasteiger partial charge in [-0.1, -0.05) is 0 Å². The fourth-order valence-electron chi connectivity index (χ4n) is 1.80. The molecule has 0 spiro atoms. The number of alkyl halides is 3. The zero-order valence-corrected chi connectivity index (χ0v) is 10.0. The van der Waals surface area contributed by atoms with Crippen molar-refractivity contribution in [3.63, 3.8) is 0 Å². The van der Waals surface area contributed by atoms with E-state index in [1.165, 1.54) is 4.90 Å². The molecule has 3 N–H and O–H groups in total. The molecule has 104 valence electrons. The third-order valence-corrected chi connectivity index (χ3v) is 3.02. The fourth-order valence-corrected chi connectivity index (χ4v) is 1.80. The highest BCUT2D eigenvalue weighted by Crippen LogP contribution is 2.29. The maximum Gasteiger partial charge on any atom is 0.401 e. The van der Waals surface area contributed by atoms with Crippen molar-refractivity contribution in [1.29, 1.82) is 0 Å². The van der Waals surface area contributed by atoms with Crippen LogP contribution in [0.5, 0.6) is 0 Å². The molecule has 1 rings (SSSR count). The standard InChI is InChI=1S/C10H16F3N3O2/c1-9(8(14)18)2-3-16(6-9)7(17)4-15-5-10(11,12)13/h15H,2-6H2,1H3,(H2,14,18). The van der Waals surface area contributed by atoms with Crippen LogP contribution in [0.1, 0.15) is 13.3 Å². The Morgan fingerprint density at radius 2 is 2.06 bits per heavy atom. The highest BCUT2D eigenvalue weighted by Gasteiger charge is 2.40. The zero-order chi connectivity index (χ0) is 14.0. The van der Waals surface area contributed by atoms with Gasteiger partial charge in [0.15, 0.2) is 0 Å². The summed E-state index contributed by atoms with van der Waals surface area (Å²) in [5.74, 6) is -0.953. The van der Waals surface area contributed by atoms with E-state index in [-0.39, 0.29) is 6.54 Å². The Hall–Kier alpha value is -1.31. The summed E-state index contributed by atoms with van der Waals surface area (Å²) in [7, 11) is 0. The number of hydrogen-bond donors (Lipinski definition) is 2. The molecule has 0 aromatic carbocycles. The van der Waals surface area contributed by atoms with Gasteiger partial charge in [-0.2, -0.15) is 13.2 Å². The van der Waals surface area contributed by atoms with Gasteiger partial charge in [-0.15, -0.1) is 0 Å². The summed E-state index contributed by atoms with van der Waals surface area (Å²) in [6.07, 6.45) is -3.90. The Labute approximate surface area is 102 Å². The second-order valence-corrected chi connectivity index (χ2v) is 4.71. The summed E-state index contributed by atoms with van der Waals surface area (Å²) in [6, 6.07) is 0. The van der Waals surface area contributed by atoms with E-state index < -0.39 is 36.5 Å². The van der Waals surface area contributed by atoms with Crippen molar-refractivity contribution in [3.8, 4) is 0 Å². The summed E-state index contributed by atoms with van der Waals surface area (Å²) >= 11 is 0.